The van der Waals surface area contributed by atoms with Crippen LogP contribution in [0.2, 0.25) is 5.02 Å². The molecule has 1 amide bonds. The second kappa shape index (κ2) is 6.95. The van der Waals surface area contributed by atoms with Gasteiger partial charge < -0.3 is 11.5 Å². The number of carbonyl (C=O) groups excluding carboxylic acids is 1. The molecule has 1 saturated carbocycles. The molecule has 3 rings (SSSR count). The minimum absolute atomic E-state index is 0.0678. The number of sulfonamides is 1. The summed E-state index contributed by atoms with van der Waals surface area (Å²) in [6, 6.07) is 4.38. The first kappa shape index (κ1) is 19.3. The summed E-state index contributed by atoms with van der Waals surface area (Å²) in [5, 5.41) is 4.46. The molecule has 27 heavy (non-hydrogen) atoms. The van der Waals surface area contributed by atoms with Gasteiger partial charge in [0.25, 0.3) is 5.91 Å². The monoisotopic (exact) mass is 410 g/mol. The fourth-order valence-electron chi connectivity index (χ4n) is 2.67. The largest absolute Gasteiger partial charge is 0.370 e. The van der Waals surface area contributed by atoms with Crippen molar-refractivity contribution in [3.8, 4) is 5.69 Å². The summed E-state index contributed by atoms with van der Waals surface area (Å²) in [5.74, 6) is -0.765. The number of benzene rings is 1. The van der Waals surface area contributed by atoms with Gasteiger partial charge in [-0.2, -0.15) is 10.1 Å². The highest BCUT2D eigenvalue weighted by Crippen LogP contribution is 2.43. The molecular formula is C16H19ClN6O3S. The Labute approximate surface area is 161 Å². The summed E-state index contributed by atoms with van der Waals surface area (Å²) >= 11 is 6.35. The third-order valence-corrected chi connectivity index (χ3v) is 6.27. The van der Waals surface area contributed by atoms with Gasteiger partial charge in [0.05, 0.1) is 33.1 Å². The van der Waals surface area contributed by atoms with Crippen molar-refractivity contribution in [2.24, 2.45) is 16.5 Å². The van der Waals surface area contributed by atoms with Gasteiger partial charge in [-0.25, -0.2) is 17.4 Å². The molecule has 0 radical (unpaired) electrons. The molecule has 1 aliphatic carbocycles. The van der Waals surface area contributed by atoms with Crippen LogP contribution in [0.5, 0.6) is 0 Å². The maximum absolute atomic E-state index is 12.3. The highest BCUT2D eigenvalue weighted by molar-refractivity contribution is 7.89. The quantitative estimate of drug-likeness (QED) is 0.558. The van der Waals surface area contributed by atoms with E-state index in [2.05, 4.69) is 10.1 Å². The fraction of sp³-hybridized carbons (Fsp3) is 0.312. The van der Waals surface area contributed by atoms with Crippen LogP contribution >= 0.6 is 11.6 Å². The van der Waals surface area contributed by atoms with Crippen molar-refractivity contribution in [3.05, 3.63) is 40.7 Å². The maximum atomic E-state index is 12.3. The zero-order chi connectivity index (χ0) is 19.9. The zero-order valence-electron chi connectivity index (χ0n) is 14.8. The number of hydrogen-bond donors (Lipinski definition) is 2. The minimum Gasteiger partial charge on any atom is -0.370 e. The SMILES string of the molecule is CN(C)S(=O)(=O)c1ccc(-n2ncc(C(=O)N=C(N)N)c2C2CC2)c(Cl)c1. The molecule has 1 aromatic heterocycles. The van der Waals surface area contributed by atoms with Crippen molar-refractivity contribution in [2.45, 2.75) is 23.7 Å². The van der Waals surface area contributed by atoms with Gasteiger partial charge in [-0.05, 0) is 31.0 Å². The third kappa shape index (κ3) is 3.68. The maximum Gasteiger partial charge on any atom is 0.283 e. The first-order chi connectivity index (χ1) is 12.6. The van der Waals surface area contributed by atoms with Crippen LogP contribution in [0.15, 0.2) is 34.3 Å². The number of nitrogens with zero attached hydrogens (tertiary/aromatic N) is 4. The molecular weight excluding hydrogens is 392 g/mol. The van der Waals surface area contributed by atoms with Crippen LogP contribution in [0.4, 0.5) is 0 Å². The average Bonchev–Trinajstić information content (AvgIpc) is 3.32. The molecule has 1 aromatic carbocycles. The van der Waals surface area contributed by atoms with Gasteiger partial charge in [0, 0.05) is 20.0 Å². The van der Waals surface area contributed by atoms with E-state index in [1.54, 1.807) is 10.7 Å². The lowest BCUT2D eigenvalue weighted by molar-refractivity contribution is 0.100. The number of rotatable bonds is 5. The van der Waals surface area contributed by atoms with E-state index in [9.17, 15) is 13.2 Å². The standard InChI is InChI=1S/C16H19ClN6O3S/c1-22(2)27(25,26)10-5-6-13(12(17)7-10)23-14(9-3-4-9)11(8-20-23)15(24)21-16(18)19/h5-9H,3-4H2,1-2H3,(H4,18,19,21,24). The zero-order valence-corrected chi connectivity index (χ0v) is 16.3. The Balaban J connectivity index is 2.09. The lowest BCUT2D eigenvalue weighted by Crippen LogP contribution is -2.24. The second-order valence-corrected chi connectivity index (χ2v) is 8.93. The second-order valence-electron chi connectivity index (χ2n) is 6.37. The molecule has 0 atom stereocenters. The summed E-state index contributed by atoms with van der Waals surface area (Å²) in [6.07, 6.45) is 3.19. The first-order valence-electron chi connectivity index (χ1n) is 8.07. The number of aromatic nitrogens is 2. The number of amides is 1. The predicted octanol–water partition coefficient (Wildman–Crippen LogP) is 1.07. The Morgan fingerprint density at radius 1 is 1.33 bits per heavy atom. The average molecular weight is 411 g/mol. The molecule has 0 saturated heterocycles. The lowest BCUT2D eigenvalue weighted by atomic mass is 10.1. The minimum atomic E-state index is -3.61. The van der Waals surface area contributed by atoms with Crippen LogP contribution < -0.4 is 11.5 Å². The van der Waals surface area contributed by atoms with Gasteiger partial charge in [-0.15, -0.1) is 0 Å². The Hall–Kier alpha value is -2.43. The van der Waals surface area contributed by atoms with E-state index in [-0.39, 0.29) is 21.8 Å². The first-order valence-corrected chi connectivity index (χ1v) is 9.89. The van der Waals surface area contributed by atoms with Gasteiger partial charge in [0.2, 0.25) is 10.0 Å². The molecule has 9 nitrogen and oxygen atoms in total. The molecule has 2 aromatic rings. The van der Waals surface area contributed by atoms with E-state index in [4.69, 9.17) is 23.1 Å². The van der Waals surface area contributed by atoms with Crippen molar-refractivity contribution in [2.75, 3.05) is 14.1 Å². The van der Waals surface area contributed by atoms with Crippen LogP contribution in [-0.4, -0.2) is 48.5 Å². The van der Waals surface area contributed by atoms with E-state index in [1.807, 2.05) is 0 Å². The van der Waals surface area contributed by atoms with Crippen LogP contribution in [-0.2, 0) is 10.0 Å². The van der Waals surface area contributed by atoms with E-state index in [0.29, 0.717) is 16.9 Å². The van der Waals surface area contributed by atoms with Gasteiger partial charge in [-0.1, -0.05) is 11.6 Å². The smallest absolute Gasteiger partial charge is 0.283 e. The van der Waals surface area contributed by atoms with E-state index < -0.39 is 15.9 Å². The third-order valence-electron chi connectivity index (χ3n) is 4.16. The van der Waals surface area contributed by atoms with Gasteiger partial charge >= 0.3 is 0 Å². The molecule has 0 unspecified atom stereocenters. The van der Waals surface area contributed by atoms with Crippen LogP contribution in [0, 0.1) is 0 Å². The molecule has 11 heteroatoms. The Morgan fingerprint density at radius 2 is 2.00 bits per heavy atom. The molecule has 0 bridgehead atoms. The van der Waals surface area contributed by atoms with Crippen LogP contribution in [0.25, 0.3) is 5.69 Å². The Kier molecular flexibility index (Phi) is 4.98. The molecule has 1 aliphatic rings. The summed E-state index contributed by atoms with van der Waals surface area (Å²) in [6.45, 7) is 0. The van der Waals surface area contributed by atoms with E-state index >= 15 is 0 Å². The van der Waals surface area contributed by atoms with Crippen molar-refractivity contribution in [3.63, 3.8) is 0 Å². The molecule has 1 heterocycles. The van der Waals surface area contributed by atoms with Gasteiger partial charge in [0.15, 0.2) is 5.96 Å². The van der Waals surface area contributed by atoms with Crippen molar-refractivity contribution < 1.29 is 13.2 Å². The topological polar surface area (TPSA) is 137 Å². The van der Waals surface area contributed by atoms with Gasteiger partial charge in [0.1, 0.15) is 0 Å². The normalized spacial score (nSPS) is 14.4. The number of halogens is 1. The number of guanidine groups is 1. The molecule has 4 N–H and O–H groups in total. The molecule has 0 aliphatic heterocycles. The van der Waals surface area contributed by atoms with E-state index in [0.717, 1.165) is 17.1 Å². The molecule has 144 valence electrons. The number of aliphatic imine (C=N–C) groups is 1. The summed E-state index contributed by atoms with van der Waals surface area (Å²) in [4.78, 5) is 15.9. The number of nitrogens with two attached hydrogens (primary N) is 2. The summed E-state index contributed by atoms with van der Waals surface area (Å²) in [7, 11) is -0.731. The van der Waals surface area contributed by atoms with E-state index in [1.165, 1.54) is 32.4 Å². The van der Waals surface area contributed by atoms with Crippen LogP contribution in [0.3, 0.4) is 0 Å². The Bertz CT molecular complexity index is 1040. The lowest BCUT2D eigenvalue weighted by Gasteiger charge is -2.14. The van der Waals surface area contributed by atoms with Crippen molar-refractivity contribution >= 4 is 33.5 Å². The van der Waals surface area contributed by atoms with Crippen LogP contribution in [0.1, 0.15) is 34.8 Å². The molecule has 0 spiro atoms. The summed E-state index contributed by atoms with van der Waals surface area (Å²) < 4.78 is 27.2. The van der Waals surface area contributed by atoms with Gasteiger partial charge in [-0.3, -0.25) is 4.79 Å². The molecule has 1 fully saturated rings. The summed E-state index contributed by atoms with van der Waals surface area (Å²) in [5.41, 5.74) is 12.0. The predicted molar refractivity (Wildman–Crippen MR) is 102 cm³/mol. The number of carbonyl (C=O) groups is 1. The Morgan fingerprint density at radius 3 is 2.52 bits per heavy atom. The fourth-order valence-corrected chi connectivity index (χ4v) is 3.93. The number of hydrogen-bond acceptors (Lipinski definition) is 4. The van der Waals surface area contributed by atoms with Crippen molar-refractivity contribution in [1.82, 2.24) is 14.1 Å². The highest BCUT2D eigenvalue weighted by Gasteiger charge is 2.33. The highest BCUT2D eigenvalue weighted by atomic mass is 35.5. The van der Waals surface area contributed by atoms with Crippen molar-refractivity contribution in [1.29, 1.82) is 0 Å².